The van der Waals surface area contributed by atoms with Crippen molar-refractivity contribution >= 4 is 34.5 Å². The number of carbonyl (C=O) groups excluding carboxylic acids is 1. The summed E-state index contributed by atoms with van der Waals surface area (Å²) in [6.07, 6.45) is 1.74. The van der Waals surface area contributed by atoms with E-state index in [1.54, 1.807) is 21.2 Å². The zero-order valence-electron chi connectivity index (χ0n) is 16.2. The second-order valence-corrected chi connectivity index (χ2v) is 7.13. The van der Waals surface area contributed by atoms with Crippen molar-refractivity contribution in [1.82, 2.24) is 23.1 Å². The minimum Gasteiger partial charge on any atom is -0.467 e. The van der Waals surface area contributed by atoms with E-state index in [9.17, 15) is 14.4 Å². The predicted octanol–water partition coefficient (Wildman–Crippen LogP) is 1.83. The highest BCUT2D eigenvalue weighted by atomic mass is 35.5. The van der Waals surface area contributed by atoms with Gasteiger partial charge in [-0.25, -0.2) is 14.2 Å². The van der Waals surface area contributed by atoms with E-state index in [1.165, 1.54) is 25.6 Å². The smallest absolute Gasteiger partial charge is 0.333 e. The summed E-state index contributed by atoms with van der Waals surface area (Å²) in [6, 6.07) is 6.19. The molecule has 0 bridgehead atoms. The lowest BCUT2D eigenvalue weighted by Gasteiger charge is -2.13. The van der Waals surface area contributed by atoms with E-state index < -0.39 is 23.3 Å². The van der Waals surface area contributed by atoms with Crippen molar-refractivity contribution in [2.24, 2.45) is 7.05 Å². The van der Waals surface area contributed by atoms with Gasteiger partial charge < -0.3 is 4.74 Å². The van der Waals surface area contributed by atoms with Crippen LogP contribution in [-0.4, -0.2) is 36.2 Å². The van der Waals surface area contributed by atoms with Crippen LogP contribution < -0.4 is 11.2 Å². The minimum atomic E-state index is -1.08. The van der Waals surface area contributed by atoms with Crippen LogP contribution in [0.4, 0.5) is 0 Å². The highest BCUT2D eigenvalue weighted by molar-refractivity contribution is 6.32. The second-order valence-electron chi connectivity index (χ2n) is 6.73. The third kappa shape index (κ3) is 2.61. The van der Waals surface area contributed by atoms with Gasteiger partial charge in [0.05, 0.1) is 17.8 Å². The molecule has 0 aliphatic heterocycles. The average Bonchev–Trinajstić information content (AvgIpc) is 3.21. The van der Waals surface area contributed by atoms with E-state index in [4.69, 9.17) is 16.3 Å². The summed E-state index contributed by atoms with van der Waals surface area (Å²) in [6.45, 7) is 3.31. The molecule has 0 radical (unpaired) electrons. The molecule has 0 aliphatic rings. The number of aryl methyl sites for hydroxylation is 2. The van der Waals surface area contributed by atoms with Crippen molar-refractivity contribution in [3.63, 3.8) is 0 Å². The van der Waals surface area contributed by atoms with E-state index in [0.29, 0.717) is 16.5 Å². The first kappa shape index (κ1) is 19.0. The van der Waals surface area contributed by atoms with Crippen LogP contribution in [0.2, 0.25) is 5.02 Å². The third-order valence-electron chi connectivity index (χ3n) is 5.00. The normalized spacial score (nSPS) is 12.6. The van der Waals surface area contributed by atoms with E-state index in [1.807, 2.05) is 25.1 Å². The van der Waals surface area contributed by atoms with Gasteiger partial charge >= 0.3 is 11.7 Å². The first-order chi connectivity index (χ1) is 13.8. The maximum absolute atomic E-state index is 13.2. The van der Waals surface area contributed by atoms with Gasteiger partial charge in [-0.2, -0.15) is 4.98 Å². The monoisotopic (exact) mass is 415 g/mol. The van der Waals surface area contributed by atoms with Gasteiger partial charge in [0.1, 0.15) is 6.04 Å². The molecule has 29 heavy (non-hydrogen) atoms. The Morgan fingerprint density at radius 3 is 2.59 bits per heavy atom. The standard InChI is InChI=1S/C19H18ClN5O4/c1-10-9-23-14-15(21-18(23)24(10)13-8-6-5-7-12(13)20)22(3)19(28)25(16(14)26)11(2)17(27)29-4/h5-9,11H,1-4H3. The number of rotatable bonds is 3. The van der Waals surface area contributed by atoms with Crippen LogP contribution in [0.5, 0.6) is 0 Å². The Morgan fingerprint density at radius 1 is 1.24 bits per heavy atom. The fraction of sp³-hybridized carbons (Fsp3) is 0.263. The van der Waals surface area contributed by atoms with Gasteiger partial charge in [-0.1, -0.05) is 23.7 Å². The molecule has 0 fully saturated rings. The molecule has 1 aromatic carbocycles. The quantitative estimate of drug-likeness (QED) is 0.476. The summed E-state index contributed by atoms with van der Waals surface area (Å²) >= 11 is 6.36. The lowest BCUT2D eigenvalue weighted by Crippen LogP contribution is -2.43. The number of fused-ring (bicyclic) bond motifs is 3. The number of esters is 1. The maximum Gasteiger partial charge on any atom is 0.333 e. The molecule has 4 aromatic rings. The van der Waals surface area contributed by atoms with E-state index >= 15 is 0 Å². The number of halogens is 1. The van der Waals surface area contributed by atoms with Crippen LogP contribution in [0.15, 0.2) is 40.1 Å². The lowest BCUT2D eigenvalue weighted by molar-refractivity contribution is -0.144. The molecule has 9 nitrogen and oxygen atoms in total. The number of nitrogens with zero attached hydrogens (tertiary/aromatic N) is 5. The van der Waals surface area contributed by atoms with Crippen molar-refractivity contribution in [3.8, 4) is 5.69 Å². The maximum atomic E-state index is 13.2. The van der Waals surface area contributed by atoms with Gasteiger partial charge in [-0.05, 0) is 26.0 Å². The van der Waals surface area contributed by atoms with Gasteiger partial charge in [-0.15, -0.1) is 0 Å². The lowest BCUT2D eigenvalue weighted by atomic mass is 10.3. The highest BCUT2D eigenvalue weighted by Crippen LogP contribution is 2.26. The Morgan fingerprint density at radius 2 is 1.93 bits per heavy atom. The van der Waals surface area contributed by atoms with Crippen molar-refractivity contribution < 1.29 is 9.53 Å². The molecule has 0 saturated heterocycles. The predicted molar refractivity (Wildman–Crippen MR) is 108 cm³/mol. The average molecular weight is 416 g/mol. The number of ether oxygens (including phenoxy) is 1. The first-order valence-corrected chi connectivity index (χ1v) is 9.20. The molecule has 0 saturated carbocycles. The van der Waals surface area contributed by atoms with Crippen molar-refractivity contribution in [2.45, 2.75) is 19.9 Å². The largest absolute Gasteiger partial charge is 0.467 e. The summed E-state index contributed by atoms with van der Waals surface area (Å²) in [5, 5.41) is 0.520. The molecular weight excluding hydrogens is 398 g/mol. The van der Waals surface area contributed by atoms with Gasteiger partial charge in [0.25, 0.3) is 5.56 Å². The Kier molecular flexibility index (Phi) is 4.34. The molecule has 0 spiro atoms. The van der Waals surface area contributed by atoms with Crippen LogP contribution in [0.25, 0.3) is 22.6 Å². The molecule has 3 aromatic heterocycles. The Labute approximate surface area is 169 Å². The number of imidazole rings is 2. The Hall–Kier alpha value is -3.33. The van der Waals surface area contributed by atoms with Crippen LogP contribution in [-0.2, 0) is 16.6 Å². The van der Waals surface area contributed by atoms with Crippen LogP contribution in [0, 0.1) is 6.92 Å². The Bertz CT molecular complexity index is 1410. The van der Waals surface area contributed by atoms with E-state index in [-0.39, 0.29) is 11.2 Å². The fourth-order valence-electron chi connectivity index (χ4n) is 3.53. The molecule has 1 atom stereocenters. The van der Waals surface area contributed by atoms with Gasteiger partial charge in [0, 0.05) is 18.9 Å². The van der Waals surface area contributed by atoms with Crippen molar-refractivity contribution in [1.29, 1.82) is 0 Å². The molecule has 0 N–H and O–H groups in total. The highest BCUT2D eigenvalue weighted by Gasteiger charge is 2.26. The molecular formula is C19H18ClN5O4. The number of aromatic nitrogens is 5. The molecule has 1 unspecified atom stereocenters. The summed E-state index contributed by atoms with van der Waals surface area (Å²) < 4.78 is 10.2. The molecule has 3 heterocycles. The number of carbonyl (C=O) groups is 1. The SMILES string of the molecule is COC(=O)C(C)n1c(=O)c2c(nc3n(-c4ccccc4Cl)c(C)cn23)n(C)c1=O. The second kappa shape index (κ2) is 6.63. The first-order valence-electron chi connectivity index (χ1n) is 8.82. The number of benzene rings is 1. The molecule has 0 amide bonds. The number of hydrogen-bond donors (Lipinski definition) is 0. The van der Waals surface area contributed by atoms with Gasteiger partial charge in [-0.3, -0.25) is 18.3 Å². The zero-order valence-corrected chi connectivity index (χ0v) is 17.0. The molecule has 10 heteroatoms. The summed E-state index contributed by atoms with van der Waals surface area (Å²) in [5.74, 6) is -0.254. The zero-order chi connectivity index (χ0) is 21.0. The summed E-state index contributed by atoms with van der Waals surface area (Å²) in [5.41, 5.74) is 0.622. The molecule has 150 valence electrons. The third-order valence-corrected chi connectivity index (χ3v) is 5.32. The van der Waals surface area contributed by atoms with Crippen LogP contribution >= 0.6 is 11.6 Å². The molecule has 4 rings (SSSR count). The van der Waals surface area contributed by atoms with Crippen molar-refractivity contribution in [3.05, 3.63) is 62.0 Å². The topological polar surface area (TPSA) is 92.5 Å². The van der Waals surface area contributed by atoms with Gasteiger partial charge in [0.2, 0.25) is 5.78 Å². The summed E-state index contributed by atoms with van der Waals surface area (Å²) in [4.78, 5) is 42.5. The molecule has 0 aliphatic carbocycles. The Balaban J connectivity index is 2.14. The van der Waals surface area contributed by atoms with Gasteiger partial charge in [0.15, 0.2) is 11.2 Å². The summed E-state index contributed by atoms with van der Waals surface area (Å²) in [7, 11) is 2.71. The number of hydrogen-bond acceptors (Lipinski definition) is 5. The minimum absolute atomic E-state index is 0.187. The van der Waals surface area contributed by atoms with Crippen LogP contribution in [0.1, 0.15) is 18.7 Å². The number of methoxy groups -OCH3 is 1. The van der Waals surface area contributed by atoms with E-state index in [0.717, 1.165) is 10.3 Å². The number of para-hydroxylation sites is 1. The van der Waals surface area contributed by atoms with Crippen LogP contribution in [0.3, 0.4) is 0 Å². The van der Waals surface area contributed by atoms with Crippen molar-refractivity contribution in [2.75, 3.05) is 7.11 Å². The fourth-order valence-corrected chi connectivity index (χ4v) is 3.75. The van der Waals surface area contributed by atoms with E-state index in [2.05, 4.69) is 4.98 Å².